The van der Waals surface area contributed by atoms with Gasteiger partial charge in [-0.1, -0.05) is 146 Å². The quantitative estimate of drug-likeness (QED) is 0.150. The van der Waals surface area contributed by atoms with Crippen molar-refractivity contribution in [2.24, 2.45) is 0 Å². The Morgan fingerprint density at radius 1 is 0.216 bits per heavy atom. The molecule has 0 bridgehead atoms. The number of benzene rings is 8. The van der Waals surface area contributed by atoms with Gasteiger partial charge >= 0.3 is 0 Å². The number of fused-ring (bicyclic) bond motifs is 23. The minimum atomic E-state index is -0.760. The molecule has 0 atom stereocenters. The van der Waals surface area contributed by atoms with Gasteiger partial charge in [0.1, 0.15) is 0 Å². The fraction of sp³-hybridized carbons (Fsp3) is 0.0400. The van der Waals surface area contributed by atoms with Crippen LogP contribution < -0.4 is 0 Å². The molecule has 234 valence electrons. The van der Waals surface area contributed by atoms with E-state index in [9.17, 15) is 0 Å². The van der Waals surface area contributed by atoms with Gasteiger partial charge in [0.2, 0.25) is 0 Å². The predicted octanol–water partition coefficient (Wildman–Crippen LogP) is 12.5. The molecule has 1 aliphatic heterocycles. The number of rotatable bonds is 0. The second kappa shape index (κ2) is 8.89. The zero-order valence-electron chi connectivity index (χ0n) is 27.6. The molecule has 4 aliphatic rings. The summed E-state index contributed by atoms with van der Waals surface area (Å²) in [7, 11) is 0. The third kappa shape index (κ3) is 2.95. The lowest BCUT2D eigenvalue weighted by atomic mass is 9.71. The van der Waals surface area contributed by atoms with Crippen LogP contribution in [0.2, 0.25) is 0 Å². The van der Waals surface area contributed by atoms with Crippen molar-refractivity contribution in [3.05, 3.63) is 192 Å². The molecule has 0 saturated carbocycles. The third-order valence-corrected chi connectivity index (χ3v) is 12.5. The molecule has 2 spiro atoms. The number of hydrogen-bond acceptors (Lipinski definition) is 1. The Hall–Kier alpha value is -6.28. The van der Waals surface area contributed by atoms with Gasteiger partial charge in [-0.2, -0.15) is 0 Å². The van der Waals surface area contributed by atoms with Crippen molar-refractivity contribution in [1.82, 2.24) is 0 Å². The molecule has 0 N–H and O–H groups in total. The third-order valence-electron chi connectivity index (χ3n) is 12.5. The van der Waals surface area contributed by atoms with E-state index in [1.165, 1.54) is 111 Å². The van der Waals surface area contributed by atoms with Crippen molar-refractivity contribution >= 4 is 0 Å². The van der Waals surface area contributed by atoms with Crippen molar-refractivity contribution in [2.75, 3.05) is 0 Å². The molecule has 1 heterocycles. The van der Waals surface area contributed by atoms with Crippen LogP contribution in [0.25, 0.3) is 89.0 Å². The summed E-state index contributed by atoms with van der Waals surface area (Å²) in [6.45, 7) is 0. The summed E-state index contributed by atoms with van der Waals surface area (Å²) in [6, 6.07) is 64.3. The first-order chi connectivity index (χ1) is 25.3. The second-order valence-corrected chi connectivity index (χ2v) is 14.6. The van der Waals surface area contributed by atoms with E-state index in [0.29, 0.717) is 0 Å². The summed E-state index contributed by atoms with van der Waals surface area (Å²) in [4.78, 5) is 0. The molecule has 1 heteroatoms. The summed E-state index contributed by atoms with van der Waals surface area (Å²) in [5, 5.41) is 0. The van der Waals surface area contributed by atoms with Crippen LogP contribution in [0.4, 0.5) is 0 Å². The molecule has 1 nitrogen and oxygen atoms in total. The van der Waals surface area contributed by atoms with E-state index in [-0.39, 0.29) is 0 Å². The Labute approximate surface area is 296 Å². The molecule has 1 fully saturated rings. The molecule has 1 saturated heterocycles. The van der Waals surface area contributed by atoms with Crippen molar-refractivity contribution in [2.45, 2.75) is 11.2 Å². The summed E-state index contributed by atoms with van der Waals surface area (Å²) >= 11 is 0. The van der Waals surface area contributed by atoms with Gasteiger partial charge in [0.25, 0.3) is 0 Å². The maximum atomic E-state index is 7.78. The lowest BCUT2D eigenvalue weighted by Gasteiger charge is -2.26. The van der Waals surface area contributed by atoms with E-state index < -0.39 is 11.2 Å². The number of epoxide rings is 1. The molecule has 0 unspecified atom stereocenters. The zero-order valence-corrected chi connectivity index (χ0v) is 27.6. The van der Waals surface area contributed by atoms with Crippen LogP contribution in [0.1, 0.15) is 22.3 Å². The monoisotopic (exact) mass is 644 g/mol. The number of ether oxygens (including phenoxy) is 1. The largest absolute Gasteiger partial charge is 0.342 e. The molecule has 8 aromatic rings. The standard InChI is InChI=1S/C50H28O/c1-2-14-30-29(13-1)37-25-41-33-17-5-9-21-45(33)49-47-23-11-7-19-35(47)43(41)27-39(37)31-15-3-4-16-32(31)40-28-44-36-20-8-12-24-48(36)50(49,51-49)46-22-10-6-18-34(46)42(44)26-38(30)40/h1-28H. The highest BCUT2D eigenvalue weighted by molar-refractivity contribution is 6.09. The van der Waals surface area contributed by atoms with Crippen molar-refractivity contribution < 1.29 is 4.74 Å². The van der Waals surface area contributed by atoms with Gasteiger partial charge in [-0.25, -0.2) is 0 Å². The van der Waals surface area contributed by atoms with Gasteiger partial charge in [-0.15, -0.1) is 0 Å². The highest BCUT2D eigenvalue weighted by Gasteiger charge is 2.76. The Morgan fingerprint density at radius 3 is 0.667 bits per heavy atom. The minimum absolute atomic E-state index is 0.760. The molecule has 0 aromatic heterocycles. The predicted molar refractivity (Wildman–Crippen MR) is 206 cm³/mol. The van der Waals surface area contributed by atoms with Gasteiger partial charge in [-0.3, -0.25) is 0 Å². The minimum Gasteiger partial charge on any atom is -0.342 e. The average Bonchev–Trinajstić information content (AvgIpc) is 3.93. The number of hydrogen-bond donors (Lipinski definition) is 0. The Balaban J connectivity index is 1.39. The molecule has 0 amide bonds. The van der Waals surface area contributed by atoms with E-state index in [0.717, 1.165) is 0 Å². The van der Waals surface area contributed by atoms with Crippen LogP contribution in [-0.4, -0.2) is 0 Å². The summed E-state index contributed by atoms with van der Waals surface area (Å²) in [5.41, 5.74) is 23.3. The van der Waals surface area contributed by atoms with Crippen LogP contribution in [0, 0.1) is 0 Å². The SMILES string of the molecule is c1ccc2c(c1)-c1cc3c4cc1-c1ccccc1-c1cc5c(cc1-2)-c1ccccc1C1(OC1(c1ccccc1-3)c1ccccc1-4)c1ccccc1-5. The van der Waals surface area contributed by atoms with Crippen LogP contribution >= 0.6 is 0 Å². The van der Waals surface area contributed by atoms with E-state index in [1.807, 2.05) is 0 Å². The van der Waals surface area contributed by atoms with Gasteiger partial charge in [-0.05, 0) is 136 Å². The lowest BCUT2D eigenvalue weighted by Crippen LogP contribution is -2.26. The topological polar surface area (TPSA) is 12.5 Å². The van der Waals surface area contributed by atoms with E-state index in [2.05, 4.69) is 170 Å². The first kappa shape index (κ1) is 26.6. The molecular weight excluding hydrogens is 617 g/mol. The van der Waals surface area contributed by atoms with Crippen LogP contribution in [-0.2, 0) is 15.9 Å². The Kier molecular flexibility index (Phi) is 4.63. The van der Waals surface area contributed by atoms with Gasteiger partial charge < -0.3 is 4.74 Å². The van der Waals surface area contributed by atoms with Gasteiger partial charge in [0, 0.05) is 0 Å². The van der Waals surface area contributed by atoms with Crippen molar-refractivity contribution in [3.8, 4) is 89.0 Å². The smallest absolute Gasteiger partial charge is 0.158 e. The first-order valence-electron chi connectivity index (χ1n) is 17.9. The molecule has 51 heavy (non-hydrogen) atoms. The molecule has 0 radical (unpaired) electrons. The fourth-order valence-corrected chi connectivity index (χ4v) is 10.5. The molecule has 8 aromatic carbocycles. The summed E-state index contributed by atoms with van der Waals surface area (Å²) in [5.74, 6) is 0. The Bertz CT molecular complexity index is 2520. The van der Waals surface area contributed by atoms with Crippen molar-refractivity contribution in [3.63, 3.8) is 0 Å². The first-order valence-corrected chi connectivity index (χ1v) is 17.9. The maximum absolute atomic E-state index is 7.78. The second-order valence-electron chi connectivity index (χ2n) is 14.6. The lowest BCUT2D eigenvalue weighted by molar-refractivity contribution is 0.301. The summed E-state index contributed by atoms with van der Waals surface area (Å²) < 4.78 is 7.78. The van der Waals surface area contributed by atoms with E-state index in [4.69, 9.17) is 4.74 Å². The van der Waals surface area contributed by atoms with Crippen LogP contribution in [0.3, 0.4) is 0 Å². The van der Waals surface area contributed by atoms with E-state index >= 15 is 0 Å². The van der Waals surface area contributed by atoms with Gasteiger partial charge in [0.05, 0.1) is 0 Å². The molecule has 3 aliphatic carbocycles. The fourth-order valence-electron chi connectivity index (χ4n) is 10.5. The highest BCUT2D eigenvalue weighted by Crippen LogP contribution is 2.75. The van der Waals surface area contributed by atoms with Crippen LogP contribution in [0.5, 0.6) is 0 Å². The van der Waals surface area contributed by atoms with Gasteiger partial charge in [0.15, 0.2) is 11.2 Å². The van der Waals surface area contributed by atoms with Crippen molar-refractivity contribution in [1.29, 1.82) is 0 Å². The highest BCUT2D eigenvalue weighted by atomic mass is 16.6. The maximum Gasteiger partial charge on any atom is 0.158 e. The average molecular weight is 645 g/mol. The zero-order chi connectivity index (χ0) is 33.1. The van der Waals surface area contributed by atoms with Crippen LogP contribution in [0.15, 0.2) is 170 Å². The van der Waals surface area contributed by atoms with E-state index in [1.54, 1.807) is 0 Å². The Morgan fingerprint density at radius 2 is 0.412 bits per heavy atom. The molecule has 12 rings (SSSR count). The molecular formula is C50H28O. The normalized spacial score (nSPS) is 15.7. The summed E-state index contributed by atoms with van der Waals surface area (Å²) in [6.07, 6.45) is 0.